The number of ketones is 1. The molecule has 0 bridgehead atoms. The molecule has 0 saturated heterocycles. The van der Waals surface area contributed by atoms with Crippen molar-refractivity contribution in [2.45, 2.75) is 25.7 Å². The number of hydrogen-bond donors (Lipinski definition) is 0. The summed E-state index contributed by atoms with van der Waals surface area (Å²) in [6, 6.07) is 16.2. The van der Waals surface area contributed by atoms with Gasteiger partial charge in [-0.2, -0.15) is 5.10 Å². The van der Waals surface area contributed by atoms with Gasteiger partial charge in [-0.3, -0.25) is 4.79 Å². The zero-order valence-electron chi connectivity index (χ0n) is 14.4. The van der Waals surface area contributed by atoms with E-state index in [0.717, 1.165) is 34.7 Å². The smallest absolute Gasteiger partial charge is 0.166 e. The van der Waals surface area contributed by atoms with Crippen LogP contribution in [0.4, 0.5) is 0 Å². The van der Waals surface area contributed by atoms with E-state index in [1.165, 1.54) is 5.56 Å². The maximum Gasteiger partial charge on any atom is 0.166 e. The summed E-state index contributed by atoms with van der Waals surface area (Å²) in [6.07, 6.45) is 3.05. The van der Waals surface area contributed by atoms with Crippen LogP contribution in [0.2, 0.25) is 0 Å². The highest BCUT2D eigenvalue weighted by Crippen LogP contribution is 2.34. The Morgan fingerprint density at radius 2 is 1.92 bits per heavy atom. The van der Waals surface area contributed by atoms with Gasteiger partial charge in [0.25, 0.3) is 0 Å². The fourth-order valence-electron chi connectivity index (χ4n) is 3.54. The van der Waals surface area contributed by atoms with Crippen molar-refractivity contribution in [1.82, 2.24) is 9.78 Å². The molecule has 4 heteroatoms. The minimum absolute atomic E-state index is 0.168. The van der Waals surface area contributed by atoms with Crippen molar-refractivity contribution in [2.24, 2.45) is 0 Å². The van der Waals surface area contributed by atoms with Crippen molar-refractivity contribution in [1.29, 1.82) is 0 Å². The van der Waals surface area contributed by atoms with E-state index in [0.29, 0.717) is 6.42 Å². The predicted octanol–water partition coefficient (Wildman–Crippen LogP) is 4.10. The van der Waals surface area contributed by atoms with Crippen LogP contribution in [0.1, 0.15) is 39.5 Å². The van der Waals surface area contributed by atoms with Gasteiger partial charge in [0, 0.05) is 6.42 Å². The van der Waals surface area contributed by atoms with E-state index < -0.39 is 0 Å². The second-order valence-electron chi connectivity index (χ2n) is 6.56. The number of hydrogen-bond acceptors (Lipinski definition) is 3. The maximum absolute atomic E-state index is 12.6. The average Bonchev–Trinajstić information content (AvgIpc) is 3.06. The number of carbonyl (C=O) groups excluding carboxylic acids is 1. The molecule has 0 aliphatic heterocycles. The summed E-state index contributed by atoms with van der Waals surface area (Å²) in [6.45, 7) is 2.06. The van der Waals surface area contributed by atoms with Crippen LogP contribution in [0.5, 0.6) is 5.75 Å². The van der Waals surface area contributed by atoms with Crippen LogP contribution in [-0.2, 0) is 6.42 Å². The molecule has 126 valence electrons. The maximum atomic E-state index is 12.6. The minimum Gasteiger partial charge on any atom is -0.497 e. The zero-order valence-corrected chi connectivity index (χ0v) is 14.4. The fraction of sp³-hybridized carbons (Fsp3) is 0.238. The van der Waals surface area contributed by atoms with Gasteiger partial charge < -0.3 is 4.74 Å². The number of nitrogens with zero attached hydrogens (tertiary/aromatic N) is 2. The molecule has 0 saturated carbocycles. The van der Waals surface area contributed by atoms with Crippen molar-refractivity contribution in [3.63, 3.8) is 0 Å². The third-order valence-electron chi connectivity index (χ3n) is 4.87. The van der Waals surface area contributed by atoms with Crippen LogP contribution >= 0.6 is 0 Å². The number of Topliss-reactive ketones (excluding diaryl/α,β-unsaturated/α-hetero) is 1. The molecule has 0 radical (unpaired) electrons. The van der Waals surface area contributed by atoms with Crippen LogP contribution in [0, 0.1) is 6.92 Å². The number of methoxy groups -OCH3 is 1. The molecule has 1 heterocycles. The summed E-state index contributed by atoms with van der Waals surface area (Å²) in [4.78, 5) is 12.6. The Bertz CT molecular complexity index is 925. The highest BCUT2D eigenvalue weighted by atomic mass is 16.5. The number of fused-ring (bicyclic) bond motifs is 1. The van der Waals surface area contributed by atoms with E-state index in [-0.39, 0.29) is 11.7 Å². The van der Waals surface area contributed by atoms with E-state index in [1.807, 2.05) is 28.9 Å². The van der Waals surface area contributed by atoms with Gasteiger partial charge in [0.05, 0.1) is 30.3 Å². The van der Waals surface area contributed by atoms with Crippen LogP contribution in [0.3, 0.4) is 0 Å². The van der Waals surface area contributed by atoms with Crippen LogP contribution in [0.15, 0.2) is 54.7 Å². The highest BCUT2D eigenvalue weighted by Gasteiger charge is 2.30. The lowest BCUT2D eigenvalue weighted by molar-refractivity contribution is 0.0964. The minimum atomic E-state index is 0.168. The van der Waals surface area contributed by atoms with E-state index >= 15 is 0 Å². The molecule has 4 rings (SSSR count). The van der Waals surface area contributed by atoms with Crippen LogP contribution < -0.4 is 4.74 Å². The van der Waals surface area contributed by atoms with Crippen molar-refractivity contribution in [2.75, 3.05) is 7.11 Å². The molecular formula is C21H20N2O2. The predicted molar refractivity (Wildman–Crippen MR) is 96.7 cm³/mol. The Morgan fingerprint density at radius 3 is 2.64 bits per heavy atom. The highest BCUT2D eigenvalue weighted by molar-refractivity contribution is 5.98. The summed E-state index contributed by atoms with van der Waals surface area (Å²) < 4.78 is 7.14. The van der Waals surface area contributed by atoms with Gasteiger partial charge in [-0.1, -0.05) is 24.3 Å². The van der Waals surface area contributed by atoms with Crippen molar-refractivity contribution in [3.05, 3.63) is 77.1 Å². The topological polar surface area (TPSA) is 44.1 Å². The molecule has 0 amide bonds. The number of rotatable bonds is 3. The quantitative estimate of drug-likeness (QED) is 0.725. The van der Waals surface area contributed by atoms with Gasteiger partial charge in [0.2, 0.25) is 0 Å². The largest absolute Gasteiger partial charge is 0.497 e. The Kier molecular flexibility index (Phi) is 3.88. The molecule has 0 spiro atoms. The normalized spacial score (nSPS) is 16.6. The van der Waals surface area contributed by atoms with Gasteiger partial charge in [0.1, 0.15) is 5.75 Å². The number of benzene rings is 2. The first-order chi connectivity index (χ1) is 12.2. The van der Waals surface area contributed by atoms with Crippen molar-refractivity contribution < 1.29 is 9.53 Å². The lowest BCUT2D eigenvalue weighted by Gasteiger charge is -2.23. The van der Waals surface area contributed by atoms with E-state index in [9.17, 15) is 4.79 Å². The van der Waals surface area contributed by atoms with Crippen LogP contribution in [-0.4, -0.2) is 22.7 Å². The second-order valence-corrected chi connectivity index (χ2v) is 6.56. The summed E-state index contributed by atoms with van der Waals surface area (Å²) in [5.41, 5.74) is 5.10. The number of ether oxygens (including phenoxy) is 1. The van der Waals surface area contributed by atoms with Gasteiger partial charge >= 0.3 is 0 Å². The molecule has 0 N–H and O–H groups in total. The van der Waals surface area contributed by atoms with Gasteiger partial charge in [-0.15, -0.1) is 0 Å². The molecule has 1 aliphatic rings. The molecule has 2 aromatic carbocycles. The molecule has 0 unspecified atom stereocenters. The number of aryl methyl sites for hydroxylation is 1. The van der Waals surface area contributed by atoms with E-state index in [2.05, 4.69) is 36.3 Å². The SMILES string of the molecule is COc1ccc([C@H]2CC(=O)c3cnn(-c4cccc(C)c4)c3C2)cc1. The summed E-state index contributed by atoms with van der Waals surface area (Å²) >= 11 is 0. The third-order valence-corrected chi connectivity index (χ3v) is 4.87. The fourth-order valence-corrected chi connectivity index (χ4v) is 3.54. The molecule has 1 aliphatic carbocycles. The Balaban J connectivity index is 1.71. The first-order valence-electron chi connectivity index (χ1n) is 8.47. The van der Waals surface area contributed by atoms with E-state index in [4.69, 9.17) is 4.74 Å². The molecular weight excluding hydrogens is 312 g/mol. The molecule has 1 aromatic heterocycles. The Morgan fingerprint density at radius 1 is 1.12 bits per heavy atom. The second kappa shape index (κ2) is 6.20. The molecule has 0 fully saturated rings. The van der Waals surface area contributed by atoms with Crippen LogP contribution in [0.25, 0.3) is 5.69 Å². The van der Waals surface area contributed by atoms with Gasteiger partial charge in [0.15, 0.2) is 5.78 Å². The number of carbonyl (C=O) groups is 1. The van der Waals surface area contributed by atoms with Crippen molar-refractivity contribution >= 4 is 5.78 Å². The first kappa shape index (κ1) is 15.6. The molecule has 1 atom stereocenters. The zero-order chi connectivity index (χ0) is 17.4. The van der Waals surface area contributed by atoms with Crippen molar-refractivity contribution in [3.8, 4) is 11.4 Å². The number of aromatic nitrogens is 2. The lowest BCUT2D eigenvalue weighted by Crippen LogP contribution is -2.20. The summed E-state index contributed by atoms with van der Waals surface area (Å²) in [5.74, 6) is 1.17. The lowest BCUT2D eigenvalue weighted by atomic mass is 9.82. The Labute approximate surface area is 147 Å². The molecule has 3 aromatic rings. The van der Waals surface area contributed by atoms with Gasteiger partial charge in [-0.25, -0.2) is 4.68 Å². The summed E-state index contributed by atoms with van der Waals surface area (Å²) in [5, 5.41) is 4.49. The first-order valence-corrected chi connectivity index (χ1v) is 8.47. The molecule has 25 heavy (non-hydrogen) atoms. The van der Waals surface area contributed by atoms with Gasteiger partial charge in [-0.05, 0) is 54.7 Å². The standard InChI is InChI=1S/C21H20N2O2/c1-14-4-3-5-17(10-14)23-20-11-16(12-21(24)19(20)13-22-23)15-6-8-18(25-2)9-7-15/h3-10,13,16H,11-12H2,1-2H3/t16-/m1/s1. The molecule has 4 nitrogen and oxygen atoms in total. The Hall–Kier alpha value is -2.88. The monoisotopic (exact) mass is 332 g/mol. The third kappa shape index (κ3) is 2.84. The van der Waals surface area contributed by atoms with E-state index in [1.54, 1.807) is 13.3 Å². The summed E-state index contributed by atoms with van der Waals surface area (Å²) in [7, 11) is 1.66. The average molecular weight is 332 g/mol.